The monoisotopic (exact) mass is 610 g/mol. The lowest BCUT2D eigenvalue weighted by atomic mass is 9.87. The lowest BCUT2D eigenvalue weighted by molar-refractivity contribution is 0.0933. The first kappa shape index (κ1) is 31.7. The van der Waals surface area contributed by atoms with Gasteiger partial charge in [-0.1, -0.05) is 63.2 Å². The molecule has 4 N–H and O–H groups in total. The molecule has 0 atom stereocenters. The highest BCUT2D eigenvalue weighted by Crippen LogP contribution is 2.23. The molecule has 0 heterocycles. The topological polar surface area (TPSA) is 118 Å². The van der Waals surface area contributed by atoms with E-state index in [1.807, 2.05) is 42.5 Å². The molecule has 0 radical (unpaired) electrons. The maximum absolute atomic E-state index is 12.8. The molecule has 0 unspecified atom stereocenters. The highest BCUT2D eigenvalue weighted by Gasteiger charge is 2.16. The second-order valence-electron chi connectivity index (χ2n) is 10.7. The number of hydrogen-bond acceptors (Lipinski definition) is 6. The number of thiocarbonyl (C=S) groups is 1. The van der Waals surface area contributed by atoms with Gasteiger partial charge < -0.3 is 14.8 Å². The fraction of sp³-hybridized carbons (Fsp3) is 0.176. The number of amides is 3. The van der Waals surface area contributed by atoms with Crippen molar-refractivity contribution in [3.63, 3.8) is 0 Å². The van der Waals surface area contributed by atoms with Gasteiger partial charge in [0.1, 0.15) is 24.7 Å². The SMILES string of the molecule is CC(C)(C)c1ccc(C(=O)Nc2ccc(C(=O)NNC(=S)NC(=O)c3ccccc3OCCOc3ccccc3)cc2)cc1. The molecule has 0 saturated carbocycles. The zero-order valence-corrected chi connectivity index (χ0v) is 25.5. The smallest absolute Gasteiger partial charge is 0.269 e. The van der Waals surface area contributed by atoms with Crippen molar-refractivity contribution in [1.82, 2.24) is 16.2 Å². The number of nitrogens with one attached hydrogen (secondary N) is 4. The molecular weight excluding hydrogens is 576 g/mol. The molecule has 0 aliphatic heterocycles. The van der Waals surface area contributed by atoms with Crippen molar-refractivity contribution < 1.29 is 23.9 Å². The Labute approximate surface area is 261 Å². The van der Waals surface area contributed by atoms with Crippen LogP contribution in [0.15, 0.2) is 103 Å². The van der Waals surface area contributed by atoms with Crippen LogP contribution >= 0.6 is 12.2 Å². The molecule has 44 heavy (non-hydrogen) atoms. The Bertz CT molecular complexity index is 1600. The fourth-order valence-electron chi connectivity index (χ4n) is 4.03. The van der Waals surface area contributed by atoms with Crippen LogP contribution in [0.25, 0.3) is 0 Å². The van der Waals surface area contributed by atoms with E-state index in [0.717, 1.165) is 11.3 Å². The molecule has 0 spiro atoms. The van der Waals surface area contributed by atoms with Crippen molar-refractivity contribution >= 4 is 40.7 Å². The predicted molar refractivity (Wildman–Crippen MR) is 174 cm³/mol. The van der Waals surface area contributed by atoms with E-state index in [4.69, 9.17) is 21.7 Å². The van der Waals surface area contributed by atoms with Crippen molar-refractivity contribution in [3.8, 4) is 11.5 Å². The average molecular weight is 611 g/mol. The van der Waals surface area contributed by atoms with Crippen LogP contribution < -0.4 is 31.0 Å². The molecule has 226 valence electrons. The van der Waals surface area contributed by atoms with Gasteiger partial charge in [-0.25, -0.2) is 0 Å². The number of carbonyl (C=O) groups is 3. The van der Waals surface area contributed by atoms with Gasteiger partial charge in [0.2, 0.25) is 0 Å². The van der Waals surface area contributed by atoms with Crippen molar-refractivity contribution in [3.05, 3.63) is 125 Å². The normalized spacial score (nSPS) is 10.7. The molecule has 4 rings (SSSR count). The third-order valence-corrected chi connectivity index (χ3v) is 6.62. The van der Waals surface area contributed by atoms with E-state index in [-0.39, 0.29) is 28.6 Å². The van der Waals surface area contributed by atoms with Gasteiger partial charge in [-0.15, -0.1) is 0 Å². The molecule has 4 aromatic carbocycles. The van der Waals surface area contributed by atoms with Gasteiger partial charge in [-0.05, 0) is 83.9 Å². The lowest BCUT2D eigenvalue weighted by Gasteiger charge is -2.19. The molecule has 9 nitrogen and oxygen atoms in total. The first-order chi connectivity index (χ1) is 21.1. The predicted octanol–water partition coefficient (Wildman–Crippen LogP) is 5.64. The number of benzene rings is 4. The maximum Gasteiger partial charge on any atom is 0.269 e. The van der Waals surface area contributed by atoms with Crippen molar-refractivity contribution in [2.75, 3.05) is 18.5 Å². The highest BCUT2D eigenvalue weighted by molar-refractivity contribution is 7.80. The van der Waals surface area contributed by atoms with E-state index >= 15 is 0 Å². The van der Waals surface area contributed by atoms with Gasteiger partial charge in [-0.2, -0.15) is 0 Å². The third-order valence-electron chi connectivity index (χ3n) is 6.42. The average Bonchev–Trinajstić information content (AvgIpc) is 3.02. The molecule has 0 aromatic heterocycles. The molecule has 0 bridgehead atoms. The third kappa shape index (κ3) is 9.14. The summed E-state index contributed by atoms with van der Waals surface area (Å²) < 4.78 is 11.4. The standard InChI is InChI=1S/C34H34N4O5S/c1-34(2,3)25-17-13-23(14-18-25)30(39)35-26-19-15-24(16-20-26)31(40)37-38-33(44)36-32(41)28-11-7-8-12-29(28)43-22-21-42-27-9-5-4-6-10-27/h4-20H,21-22H2,1-3H3,(H,35,39)(H,37,40)(H2,36,38,41,44). The number of anilines is 1. The molecule has 0 saturated heterocycles. The minimum atomic E-state index is -0.510. The van der Waals surface area contributed by atoms with Crippen LogP contribution in [0.2, 0.25) is 0 Å². The molecule has 4 aromatic rings. The zero-order valence-electron chi connectivity index (χ0n) is 24.7. The summed E-state index contributed by atoms with van der Waals surface area (Å²) in [4.78, 5) is 38.1. The Hall–Kier alpha value is -5.22. The van der Waals surface area contributed by atoms with E-state index in [2.05, 4.69) is 42.3 Å². The van der Waals surface area contributed by atoms with Crippen LogP contribution in [0.1, 0.15) is 57.4 Å². The Morgan fingerprint density at radius 2 is 1.25 bits per heavy atom. The summed E-state index contributed by atoms with van der Waals surface area (Å²) in [5.74, 6) is -0.162. The number of rotatable bonds is 9. The van der Waals surface area contributed by atoms with Crippen LogP contribution in [0, 0.1) is 0 Å². The summed E-state index contributed by atoms with van der Waals surface area (Å²) in [6.45, 7) is 6.86. The van der Waals surface area contributed by atoms with Crippen LogP contribution in [0.5, 0.6) is 11.5 Å². The Kier molecular flexibility index (Phi) is 10.7. The first-order valence-corrected chi connectivity index (χ1v) is 14.3. The molecular formula is C34H34N4O5S. The molecule has 3 amide bonds. The summed E-state index contributed by atoms with van der Waals surface area (Å²) >= 11 is 5.18. The van der Waals surface area contributed by atoms with Gasteiger partial charge in [0, 0.05) is 16.8 Å². The summed E-state index contributed by atoms with van der Waals surface area (Å²) in [5, 5.41) is 5.25. The van der Waals surface area contributed by atoms with Gasteiger partial charge in [0.05, 0.1) is 5.56 Å². The number of hydrogen-bond donors (Lipinski definition) is 4. The fourth-order valence-corrected chi connectivity index (χ4v) is 4.17. The first-order valence-electron chi connectivity index (χ1n) is 13.9. The van der Waals surface area contributed by atoms with Crippen LogP contribution in [0.4, 0.5) is 5.69 Å². The number of para-hydroxylation sites is 2. The molecule has 0 aliphatic carbocycles. The molecule has 0 fully saturated rings. The molecule has 10 heteroatoms. The van der Waals surface area contributed by atoms with Crippen LogP contribution in [-0.4, -0.2) is 36.0 Å². The van der Waals surface area contributed by atoms with Crippen molar-refractivity contribution in [2.45, 2.75) is 26.2 Å². The van der Waals surface area contributed by atoms with E-state index in [1.165, 1.54) is 0 Å². The van der Waals surface area contributed by atoms with E-state index in [9.17, 15) is 14.4 Å². The van der Waals surface area contributed by atoms with Crippen LogP contribution in [0.3, 0.4) is 0 Å². The van der Waals surface area contributed by atoms with E-state index in [0.29, 0.717) is 29.2 Å². The second-order valence-corrected chi connectivity index (χ2v) is 11.1. The summed E-state index contributed by atoms with van der Waals surface area (Å²) in [7, 11) is 0. The second kappa shape index (κ2) is 14.8. The number of ether oxygens (including phenoxy) is 2. The maximum atomic E-state index is 12.8. The minimum Gasteiger partial charge on any atom is -0.490 e. The largest absolute Gasteiger partial charge is 0.490 e. The summed E-state index contributed by atoms with van der Waals surface area (Å²) in [6.07, 6.45) is 0. The van der Waals surface area contributed by atoms with Gasteiger partial charge in [-0.3, -0.25) is 30.6 Å². The Morgan fingerprint density at radius 1 is 0.659 bits per heavy atom. The lowest BCUT2D eigenvalue weighted by Crippen LogP contribution is -2.48. The van der Waals surface area contributed by atoms with E-state index in [1.54, 1.807) is 60.7 Å². The van der Waals surface area contributed by atoms with Crippen molar-refractivity contribution in [2.24, 2.45) is 0 Å². The van der Waals surface area contributed by atoms with Gasteiger partial charge >= 0.3 is 0 Å². The quantitative estimate of drug-likeness (QED) is 0.110. The van der Waals surface area contributed by atoms with Crippen LogP contribution in [-0.2, 0) is 5.41 Å². The molecule has 0 aliphatic rings. The zero-order chi connectivity index (χ0) is 31.5. The van der Waals surface area contributed by atoms with Gasteiger partial charge in [0.25, 0.3) is 17.7 Å². The van der Waals surface area contributed by atoms with E-state index < -0.39 is 11.8 Å². The Balaban J connectivity index is 1.23. The Morgan fingerprint density at radius 3 is 1.93 bits per heavy atom. The summed E-state index contributed by atoms with van der Waals surface area (Å²) in [5.41, 5.74) is 7.76. The number of carbonyl (C=O) groups excluding carboxylic acids is 3. The van der Waals surface area contributed by atoms with Crippen molar-refractivity contribution in [1.29, 1.82) is 0 Å². The minimum absolute atomic E-state index is 0.00501. The number of hydrazine groups is 1. The highest BCUT2D eigenvalue weighted by atomic mass is 32.1. The van der Waals surface area contributed by atoms with Gasteiger partial charge in [0.15, 0.2) is 5.11 Å². The summed E-state index contributed by atoms with van der Waals surface area (Å²) in [6, 6.07) is 29.9.